The second-order valence-corrected chi connectivity index (χ2v) is 7.68. The van der Waals surface area contributed by atoms with Crippen LogP contribution in [-0.4, -0.2) is 11.8 Å². The van der Waals surface area contributed by atoms with Gasteiger partial charge < -0.3 is 10.6 Å². The van der Waals surface area contributed by atoms with Gasteiger partial charge in [0.05, 0.1) is 11.4 Å². The predicted octanol–water partition coefficient (Wildman–Crippen LogP) is 6.13. The zero-order valence-electron chi connectivity index (χ0n) is 14.4. The molecule has 2 rings (SSSR count). The number of rotatable bonds is 9. The molecule has 4 nitrogen and oxygen atoms in total. The molecule has 0 aliphatic rings. The Balaban J connectivity index is 1.56. The van der Waals surface area contributed by atoms with Crippen LogP contribution in [0.5, 0.6) is 0 Å². The van der Waals surface area contributed by atoms with Crippen molar-refractivity contribution in [2.24, 2.45) is 0 Å². The Morgan fingerprint density at radius 3 is 1.42 bits per heavy atom. The average molecular weight is 482 g/mol. The highest BCUT2D eigenvalue weighted by molar-refractivity contribution is 9.11. The third-order valence-electron chi connectivity index (χ3n) is 3.85. The summed E-state index contributed by atoms with van der Waals surface area (Å²) in [5.41, 5.74) is 1.59. The van der Waals surface area contributed by atoms with E-state index in [1.165, 1.54) is 0 Å². The maximum Gasteiger partial charge on any atom is 0.224 e. The lowest BCUT2D eigenvalue weighted by Gasteiger charge is -2.08. The lowest BCUT2D eigenvalue weighted by atomic mass is 10.1. The highest BCUT2D eigenvalue weighted by atomic mass is 79.9. The van der Waals surface area contributed by atoms with Gasteiger partial charge in [-0.3, -0.25) is 9.59 Å². The van der Waals surface area contributed by atoms with Gasteiger partial charge in [0.15, 0.2) is 0 Å². The Bertz CT molecular complexity index is 687. The molecule has 0 bridgehead atoms. The van der Waals surface area contributed by atoms with Crippen molar-refractivity contribution in [2.75, 3.05) is 10.6 Å². The van der Waals surface area contributed by atoms with E-state index in [1.54, 1.807) is 0 Å². The molecule has 0 aliphatic heterocycles. The summed E-state index contributed by atoms with van der Waals surface area (Å²) in [7, 11) is 0. The third kappa shape index (κ3) is 7.30. The van der Waals surface area contributed by atoms with E-state index in [0.29, 0.717) is 12.8 Å². The van der Waals surface area contributed by atoms with E-state index in [9.17, 15) is 9.59 Å². The van der Waals surface area contributed by atoms with Crippen molar-refractivity contribution in [1.29, 1.82) is 0 Å². The van der Waals surface area contributed by atoms with Crippen LogP contribution < -0.4 is 10.6 Å². The number of unbranched alkanes of at least 4 members (excludes halogenated alkanes) is 3. The van der Waals surface area contributed by atoms with Crippen molar-refractivity contribution in [3.05, 3.63) is 57.5 Å². The molecule has 2 N–H and O–H groups in total. The fourth-order valence-corrected chi connectivity index (χ4v) is 3.24. The van der Waals surface area contributed by atoms with Crippen LogP contribution in [0.25, 0.3) is 0 Å². The molecule has 0 heterocycles. The minimum Gasteiger partial charge on any atom is -0.325 e. The first-order valence-corrected chi connectivity index (χ1v) is 10.2. The first-order chi connectivity index (χ1) is 12.6. The van der Waals surface area contributed by atoms with E-state index in [0.717, 1.165) is 46.0 Å². The Morgan fingerprint density at radius 2 is 1.04 bits per heavy atom. The quantitative estimate of drug-likeness (QED) is 0.423. The fraction of sp³-hybridized carbons (Fsp3) is 0.300. The van der Waals surface area contributed by atoms with Crippen LogP contribution >= 0.6 is 31.9 Å². The van der Waals surface area contributed by atoms with E-state index in [4.69, 9.17) is 0 Å². The van der Waals surface area contributed by atoms with Crippen LogP contribution in [0.1, 0.15) is 38.5 Å². The van der Waals surface area contributed by atoms with Crippen LogP contribution in [0.3, 0.4) is 0 Å². The molecule has 2 aromatic carbocycles. The highest BCUT2D eigenvalue weighted by Gasteiger charge is 2.06. The Kier molecular flexibility index (Phi) is 8.85. The van der Waals surface area contributed by atoms with Gasteiger partial charge in [-0.05, 0) is 69.0 Å². The molecule has 0 saturated heterocycles. The second kappa shape index (κ2) is 11.1. The zero-order chi connectivity index (χ0) is 18.8. The summed E-state index contributed by atoms with van der Waals surface area (Å²) in [6, 6.07) is 15.1. The summed E-state index contributed by atoms with van der Waals surface area (Å²) < 4.78 is 1.76. The molecule has 0 atom stereocenters. The maximum absolute atomic E-state index is 11.9. The second-order valence-electron chi connectivity index (χ2n) is 5.97. The topological polar surface area (TPSA) is 58.2 Å². The number of nitrogens with one attached hydrogen (secondary N) is 2. The van der Waals surface area contributed by atoms with Gasteiger partial charge in [0.25, 0.3) is 0 Å². The number of carbonyl (C=O) groups excluding carboxylic acids is 2. The first-order valence-electron chi connectivity index (χ1n) is 8.65. The van der Waals surface area contributed by atoms with Gasteiger partial charge in [0, 0.05) is 21.8 Å². The fourth-order valence-electron chi connectivity index (χ4n) is 2.48. The van der Waals surface area contributed by atoms with Gasteiger partial charge in [-0.15, -0.1) is 0 Å². The Hall–Kier alpha value is -1.66. The molecule has 0 unspecified atom stereocenters. The molecule has 0 aliphatic carbocycles. The summed E-state index contributed by atoms with van der Waals surface area (Å²) in [5.74, 6) is 0.0344. The molecule has 0 fully saturated rings. The van der Waals surface area contributed by atoms with Gasteiger partial charge in [0.2, 0.25) is 11.8 Å². The van der Waals surface area contributed by atoms with E-state index in [-0.39, 0.29) is 11.8 Å². The van der Waals surface area contributed by atoms with Crippen LogP contribution in [0.4, 0.5) is 11.4 Å². The minimum absolute atomic E-state index is 0.0172. The van der Waals surface area contributed by atoms with Crippen LogP contribution in [0.2, 0.25) is 0 Å². The van der Waals surface area contributed by atoms with Crippen LogP contribution in [-0.2, 0) is 9.59 Å². The number of halogens is 2. The van der Waals surface area contributed by atoms with E-state index < -0.39 is 0 Å². The number of hydrogen-bond donors (Lipinski definition) is 2. The average Bonchev–Trinajstić information content (AvgIpc) is 2.62. The number of carbonyl (C=O) groups is 2. The van der Waals surface area contributed by atoms with Crippen molar-refractivity contribution < 1.29 is 9.59 Å². The van der Waals surface area contributed by atoms with Gasteiger partial charge in [0.1, 0.15) is 0 Å². The number of anilines is 2. The van der Waals surface area contributed by atoms with E-state index in [1.807, 2.05) is 48.5 Å². The van der Waals surface area contributed by atoms with Gasteiger partial charge >= 0.3 is 0 Å². The molecule has 0 radical (unpaired) electrons. The monoisotopic (exact) mass is 480 g/mol. The summed E-state index contributed by atoms with van der Waals surface area (Å²) in [4.78, 5) is 23.9. The summed E-state index contributed by atoms with van der Waals surface area (Å²) in [6.45, 7) is 0. The third-order valence-corrected chi connectivity index (χ3v) is 5.24. The summed E-state index contributed by atoms with van der Waals surface area (Å²) in [5, 5.41) is 5.80. The van der Waals surface area contributed by atoms with Gasteiger partial charge in [-0.2, -0.15) is 0 Å². The molecule has 2 amide bonds. The summed E-state index contributed by atoms with van der Waals surface area (Å²) >= 11 is 6.83. The summed E-state index contributed by atoms with van der Waals surface area (Å²) in [6.07, 6.45) is 4.50. The van der Waals surface area contributed by atoms with Crippen molar-refractivity contribution >= 4 is 55.0 Å². The van der Waals surface area contributed by atoms with Crippen LogP contribution in [0, 0.1) is 0 Å². The number of hydrogen-bond acceptors (Lipinski definition) is 2. The molecule has 2 aromatic rings. The van der Waals surface area contributed by atoms with Gasteiger partial charge in [-0.1, -0.05) is 37.1 Å². The standard InChI is InChI=1S/C20H22Br2N2O2/c21-15-9-5-7-11-17(15)23-19(25)13-3-1-2-4-14-20(26)24-18-12-8-6-10-16(18)22/h5-12H,1-4,13-14H2,(H,23,25)(H,24,26). The lowest BCUT2D eigenvalue weighted by molar-refractivity contribution is -0.117. The molecular formula is C20H22Br2N2O2. The number of benzene rings is 2. The molecule has 138 valence electrons. The molecular weight excluding hydrogens is 460 g/mol. The van der Waals surface area contributed by atoms with Crippen molar-refractivity contribution in [1.82, 2.24) is 0 Å². The first kappa shape index (κ1) is 20.6. The number of para-hydroxylation sites is 2. The van der Waals surface area contributed by atoms with E-state index in [2.05, 4.69) is 42.5 Å². The van der Waals surface area contributed by atoms with Crippen molar-refractivity contribution in [3.63, 3.8) is 0 Å². The smallest absolute Gasteiger partial charge is 0.224 e. The molecule has 0 aromatic heterocycles. The largest absolute Gasteiger partial charge is 0.325 e. The molecule has 6 heteroatoms. The predicted molar refractivity (Wildman–Crippen MR) is 113 cm³/mol. The number of amides is 2. The molecule has 26 heavy (non-hydrogen) atoms. The molecule has 0 spiro atoms. The minimum atomic E-state index is 0.0172. The normalized spacial score (nSPS) is 10.4. The SMILES string of the molecule is O=C(CCCCCCC(=O)Nc1ccccc1Br)Nc1ccccc1Br. The van der Waals surface area contributed by atoms with Crippen molar-refractivity contribution in [2.45, 2.75) is 38.5 Å². The lowest BCUT2D eigenvalue weighted by Crippen LogP contribution is -2.12. The highest BCUT2D eigenvalue weighted by Crippen LogP contribution is 2.22. The van der Waals surface area contributed by atoms with Crippen LogP contribution in [0.15, 0.2) is 57.5 Å². The van der Waals surface area contributed by atoms with Crippen molar-refractivity contribution in [3.8, 4) is 0 Å². The molecule has 0 saturated carbocycles. The maximum atomic E-state index is 11.9. The Labute approximate surface area is 171 Å². The Morgan fingerprint density at radius 1 is 0.654 bits per heavy atom. The van der Waals surface area contributed by atoms with Gasteiger partial charge in [-0.25, -0.2) is 0 Å². The zero-order valence-corrected chi connectivity index (χ0v) is 17.6. The van der Waals surface area contributed by atoms with E-state index >= 15 is 0 Å².